The van der Waals surface area contributed by atoms with Gasteiger partial charge in [0.2, 0.25) is 0 Å². The van der Waals surface area contributed by atoms with E-state index in [4.69, 9.17) is 16.1 Å². The zero-order chi connectivity index (χ0) is 17.3. The standard InChI is InChI=1S/C17H19ClFN3O2/c1-3-21-7-9-22(10-8-21)17(23)14-11(2)24-20-16(14)15-12(18)5-4-6-13(15)19/h4-6H,3,7-10H2,1-2H3/p+1. The Balaban J connectivity index is 1.95. The van der Waals surface area contributed by atoms with Gasteiger partial charge in [0.25, 0.3) is 5.91 Å². The summed E-state index contributed by atoms with van der Waals surface area (Å²) in [5.74, 6) is -0.331. The van der Waals surface area contributed by atoms with Crippen LogP contribution < -0.4 is 4.90 Å². The zero-order valence-electron chi connectivity index (χ0n) is 13.7. The molecule has 128 valence electrons. The number of aryl methyl sites for hydroxylation is 1. The third kappa shape index (κ3) is 3.03. The van der Waals surface area contributed by atoms with Gasteiger partial charge in [-0.1, -0.05) is 22.8 Å². The van der Waals surface area contributed by atoms with Crippen LogP contribution in [-0.4, -0.2) is 48.7 Å². The van der Waals surface area contributed by atoms with Crippen molar-refractivity contribution in [3.05, 3.63) is 40.4 Å². The van der Waals surface area contributed by atoms with Crippen LogP contribution in [0.15, 0.2) is 22.7 Å². The minimum absolute atomic E-state index is 0.109. The Labute approximate surface area is 145 Å². The van der Waals surface area contributed by atoms with Crippen LogP contribution in [0.1, 0.15) is 23.0 Å². The zero-order valence-corrected chi connectivity index (χ0v) is 14.5. The number of nitrogens with one attached hydrogen (secondary N) is 1. The number of halogens is 2. The van der Waals surface area contributed by atoms with Gasteiger partial charge in [0.15, 0.2) is 0 Å². The number of carbonyl (C=O) groups is 1. The molecule has 2 aromatic rings. The van der Waals surface area contributed by atoms with Crippen molar-refractivity contribution in [2.24, 2.45) is 0 Å². The normalized spacial score (nSPS) is 15.8. The number of rotatable bonds is 3. The highest BCUT2D eigenvalue weighted by atomic mass is 35.5. The van der Waals surface area contributed by atoms with Gasteiger partial charge < -0.3 is 14.3 Å². The van der Waals surface area contributed by atoms with Gasteiger partial charge in [0, 0.05) is 0 Å². The smallest absolute Gasteiger partial charge is 0.260 e. The largest absolute Gasteiger partial charge is 0.360 e. The van der Waals surface area contributed by atoms with E-state index in [2.05, 4.69) is 12.1 Å². The van der Waals surface area contributed by atoms with Gasteiger partial charge in [-0.2, -0.15) is 0 Å². The van der Waals surface area contributed by atoms with Crippen LogP contribution >= 0.6 is 11.6 Å². The monoisotopic (exact) mass is 352 g/mol. The molecule has 7 heteroatoms. The molecule has 1 fully saturated rings. The molecule has 0 radical (unpaired) electrons. The lowest BCUT2D eigenvalue weighted by atomic mass is 10.0. The summed E-state index contributed by atoms with van der Waals surface area (Å²) >= 11 is 6.12. The number of piperazine rings is 1. The van der Waals surface area contributed by atoms with E-state index in [0.717, 1.165) is 19.6 Å². The summed E-state index contributed by atoms with van der Waals surface area (Å²) in [6, 6.07) is 4.38. The van der Waals surface area contributed by atoms with Crippen molar-refractivity contribution in [3.8, 4) is 11.3 Å². The molecule has 1 aromatic heterocycles. The molecule has 1 aromatic carbocycles. The second-order valence-electron chi connectivity index (χ2n) is 5.95. The van der Waals surface area contributed by atoms with Crippen LogP contribution in [0.5, 0.6) is 0 Å². The Bertz CT molecular complexity index is 734. The second-order valence-corrected chi connectivity index (χ2v) is 6.36. The average molecular weight is 353 g/mol. The molecule has 1 aliphatic rings. The first-order valence-corrected chi connectivity index (χ1v) is 8.44. The average Bonchev–Trinajstić information content (AvgIpc) is 2.95. The number of hydrogen-bond acceptors (Lipinski definition) is 3. The van der Waals surface area contributed by atoms with Crippen LogP contribution in [0.2, 0.25) is 5.02 Å². The molecule has 3 rings (SSSR count). The Morgan fingerprint density at radius 3 is 2.75 bits per heavy atom. The quantitative estimate of drug-likeness (QED) is 0.916. The number of amides is 1. The highest BCUT2D eigenvalue weighted by Crippen LogP contribution is 2.33. The third-order valence-corrected chi connectivity index (χ3v) is 4.85. The van der Waals surface area contributed by atoms with Gasteiger partial charge in [-0.15, -0.1) is 0 Å². The van der Waals surface area contributed by atoms with Gasteiger partial charge in [-0.3, -0.25) is 4.79 Å². The summed E-state index contributed by atoms with van der Waals surface area (Å²) in [5, 5.41) is 4.11. The molecule has 1 saturated heterocycles. The predicted octanol–water partition coefficient (Wildman–Crippen LogP) is 1.80. The third-order valence-electron chi connectivity index (χ3n) is 4.53. The van der Waals surface area contributed by atoms with E-state index in [1.807, 2.05) is 0 Å². The Hall–Kier alpha value is -1.92. The van der Waals surface area contributed by atoms with E-state index in [-0.39, 0.29) is 22.2 Å². The molecule has 5 nitrogen and oxygen atoms in total. The van der Waals surface area contributed by atoms with E-state index in [0.29, 0.717) is 24.4 Å². The molecular weight excluding hydrogens is 333 g/mol. The molecule has 0 bridgehead atoms. The van der Waals surface area contributed by atoms with Gasteiger partial charge in [-0.25, -0.2) is 4.39 Å². The Morgan fingerprint density at radius 1 is 1.42 bits per heavy atom. The van der Waals surface area contributed by atoms with Crippen LogP contribution in [0, 0.1) is 12.7 Å². The van der Waals surface area contributed by atoms with Crippen LogP contribution in [0.3, 0.4) is 0 Å². The maximum Gasteiger partial charge on any atom is 0.260 e. The molecule has 0 aliphatic carbocycles. The molecule has 0 saturated carbocycles. The maximum atomic E-state index is 14.2. The van der Waals surface area contributed by atoms with Crippen molar-refractivity contribution in [1.82, 2.24) is 10.1 Å². The second kappa shape index (κ2) is 6.91. The minimum Gasteiger partial charge on any atom is -0.360 e. The van der Waals surface area contributed by atoms with E-state index in [1.54, 1.807) is 17.9 Å². The van der Waals surface area contributed by atoms with E-state index < -0.39 is 5.82 Å². The summed E-state index contributed by atoms with van der Waals surface area (Å²) in [6.45, 7) is 7.98. The number of aromatic nitrogens is 1. The van der Waals surface area contributed by atoms with Crippen LogP contribution in [0.25, 0.3) is 11.3 Å². The van der Waals surface area contributed by atoms with Crippen molar-refractivity contribution in [1.29, 1.82) is 0 Å². The Kier molecular flexibility index (Phi) is 4.87. The maximum absolute atomic E-state index is 14.2. The molecule has 24 heavy (non-hydrogen) atoms. The molecule has 0 atom stereocenters. The summed E-state index contributed by atoms with van der Waals surface area (Å²) < 4.78 is 19.4. The fourth-order valence-corrected chi connectivity index (χ4v) is 3.31. The van der Waals surface area contributed by atoms with Crippen molar-refractivity contribution in [2.45, 2.75) is 13.8 Å². The lowest BCUT2D eigenvalue weighted by Crippen LogP contribution is -3.14. The van der Waals surface area contributed by atoms with Crippen molar-refractivity contribution in [2.75, 3.05) is 32.7 Å². The Morgan fingerprint density at radius 2 is 2.12 bits per heavy atom. The van der Waals surface area contributed by atoms with Gasteiger partial charge in [0.05, 0.1) is 43.3 Å². The fourth-order valence-electron chi connectivity index (χ4n) is 3.06. The first-order chi connectivity index (χ1) is 11.5. The number of likely N-dealkylation sites (N-methyl/N-ethyl adjacent to an activating group) is 1. The molecule has 1 aliphatic heterocycles. The molecule has 0 spiro atoms. The topological polar surface area (TPSA) is 50.8 Å². The molecular formula is C17H20ClFN3O2+. The summed E-state index contributed by atoms with van der Waals surface area (Å²) in [5.41, 5.74) is 0.574. The number of nitrogens with zero attached hydrogens (tertiary/aromatic N) is 2. The van der Waals surface area contributed by atoms with Gasteiger partial charge >= 0.3 is 0 Å². The molecule has 1 N–H and O–H groups in total. The van der Waals surface area contributed by atoms with Crippen LogP contribution in [0.4, 0.5) is 4.39 Å². The van der Waals surface area contributed by atoms with E-state index in [1.165, 1.54) is 17.0 Å². The summed E-state index contributed by atoms with van der Waals surface area (Å²) in [7, 11) is 0. The highest BCUT2D eigenvalue weighted by Gasteiger charge is 2.31. The van der Waals surface area contributed by atoms with Crippen molar-refractivity contribution < 1.29 is 18.6 Å². The lowest BCUT2D eigenvalue weighted by Gasteiger charge is -2.31. The van der Waals surface area contributed by atoms with E-state index >= 15 is 0 Å². The minimum atomic E-state index is -0.523. The number of carbonyl (C=O) groups excluding carboxylic acids is 1. The molecule has 2 heterocycles. The van der Waals surface area contributed by atoms with Gasteiger partial charge in [-0.05, 0) is 26.0 Å². The number of hydrogen-bond donors (Lipinski definition) is 1. The highest BCUT2D eigenvalue weighted by molar-refractivity contribution is 6.33. The predicted molar refractivity (Wildman–Crippen MR) is 88.8 cm³/mol. The van der Waals surface area contributed by atoms with Gasteiger partial charge in [0.1, 0.15) is 22.8 Å². The number of benzene rings is 1. The molecule has 1 amide bonds. The SMILES string of the molecule is CC[NH+]1CCN(C(=O)c2c(-c3c(F)cccc3Cl)noc2C)CC1. The summed E-state index contributed by atoms with van der Waals surface area (Å²) in [4.78, 5) is 16.2. The van der Waals surface area contributed by atoms with Crippen molar-refractivity contribution >= 4 is 17.5 Å². The number of quaternary nitrogens is 1. The first-order valence-electron chi connectivity index (χ1n) is 8.06. The first kappa shape index (κ1) is 16.9. The van der Waals surface area contributed by atoms with Crippen LogP contribution in [-0.2, 0) is 0 Å². The molecule has 0 unspecified atom stereocenters. The fraction of sp³-hybridized carbons (Fsp3) is 0.412. The van der Waals surface area contributed by atoms with E-state index in [9.17, 15) is 9.18 Å². The van der Waals surface area contributed by atoms with Crippen molar-refractivity contribution in [3.63, 3.8) is 0 Å². The summed E-state index contributed by atoms with van der Waals surface area (Å²) in [6.07, 6.45) is 0. The lowest BCUT2D eigenvalue weighted by molar-refractivity contribution is -0.902.